The highest BCUT2D eigenvalue weighted by molar-refractivity contribution is 7.98. The molecule has 1 fully saturated rings. The third-order valence-corrected chi connectivity index (χ3v) is 5.68. The van der Waals surface area contributed by atoms with Gasteiger partial charge in [0.25, 0.3) is 5.91 Å². The molecule has 0 atom stereocenters. The molecule has 8 heteroatoms. The summed E-state index contributed by atoms with van der Waals surface area (Å²) in [5.74, 6) is 2.64. The lowest BCUT2D eigenvalue weighted by atomic mass is 10.2. The number of amides is 1. The zero-order valence-electron chi connectivity index (χ0n) is 15.9. The molecule has 7 nitrogen and oxygen atoms in total. The Labute approximate surface area is 168 Å². The summed E-state index contributed by atoms with van der Waals surface area (Å²) in [5, 5.41) is 0. The molecule has 0 radical (unpaired) electrons. The average Bonchev–Trinajstić information content (AvgIpc) is 3.19. The van der Waals surface area contributed by atoms with Crippen LogP contribution in [0.4, 0.5) is 5.82 Å². The maximum absolute atomic E-state index is 12.8. The first-order valence-electron chi connectivity index (χ1n) is 9.16. The minimum Gasteiger partial charge on any atom is -0.353 e. The molecule has 0 aliphatic carbocycles. The van der Waals surface area contributed by atoms with E-state index in [-0.39, 0.29) is 5.91 Å². The molecule has 0 unspecified atom stereocenters. The SMILES string of the molecule is CSc1ccc(C(=O)N2CCN(c3cc(-n4ccnc4C)ncn3)CC2)cc1. The Morgan fingerprint density at radius 1 is 1.00 bits per heavy atom. The molecule has 28 heavy (non-hydrogen) atoms. The molecule has 0 spiro atoms. The van der Waals surface area contributed by atoms with E-state index < -0.39 is 0 Å². The van der Waals surface area contributed by atoms with Gasteiger partial charge >= 0.3 is 0 Å². The second-order valence-corrected chi connectivity index (χ2v) is 7.47. The first kappa shape index (κ1) is 18.5. The third kappa shape index (κ3) is 3.73. The van der Waals surface area contributed by atoms with Gasteiger partial charge in [0, 0.05) is 55.1 Å². The second kappa shape index (κ2) is 8.02. The van der Waals surface area contributed by atoms with E-state index in [1.807, 2.05) is 59.2 Å². The standard InChI is InChI=1S/C20H22N6OS/c1-15-21-7-8-26(15)19-13-18(22-14-23-19)24-9-11-25(12-10-24)20(27)16-3-5-17(28-2)6-4-16/h3-8,13-14H,9-12H2,1-2H3. The second-order valence-electron chi connectivity index (χ2n) is 6.59. The fourth-order valence-corrected chi connectivity index (χ4v) is 3.73. The average molecular weight is 395 g/mol. The van der Waals surface area contributed by atoms with E-state index in [4.69, 9.17) is 0 Å². The van der Waals surface area contributed by atoms with Crippen molar-refractivity contribution in [3.05, 3.63) is 60.4 Å². The van der Waals surface area contributed by atoms with Crippen LogP contribution >= 0.6 is 11.8 Å². The van der Waals surface area contributed by atoms with Gasteiger partial charge in [-0.2, -0.15) is 0 Å². The van der Waals surface area contributed by atoms with E-state index in [1.165, 1.54) is 0 Å². The largest absolute Gasteiger partial charge is 0.353 e. The Balaban J connectivity index is 1.43. The monoisotopic (exact) mass is 394 g/mol. The van der Waals surface area contributed by atoms with Gasteiger partial charge in [0.15, 0.2) is 0 Å². The van der Waals surface area contributed by atoms with Crippen LogP contribution in [-0.4, -0.2) is 62.8 Å². The molecule has 144 valence electrons. The lowest BCUT2D eigenvalue weighted by Gasteiger charge is -2.35. The predicted octanol–water partition coefficient (Wildman–Crippen LogP) is 2.66. The summed E-state index contributed by atoms with van der Waals surface area (Å²) >= 11 is 1.67. The van der Waals surface area contributed by atoms with Gasteiger partial charge in [-0.25, -0.2) is 15.0 Å². The molecule has 0 N–H and O–H groups in total. The number of benzene rings is 1. The van der Waals surface area contributed by atoms with Crippen LogP contribution < -0.4 is 4.90 Å². The molecular weight excluding hydrogens is 372 g/mol. The number of imidazole rings is 1. The number of carbonyl (C=O) groups excluding carboxylic acids is 1. The van der Waals surface area contributed by atoms with Gasteiger partial charge in [0.05, 0.1) is 0 Å². The molecule has 0 saturated carbocycles. The van der Waals surface area contributed by atoms with Gasteiger partial charge < -0.3 is 9.80 Å². The van der Waals surface area contributed by atoms with E-state index in [0.29, 0.717) is 13.1 Å². The first-order valence-corrected chi connectivity index (χ1v) is 10.4. The number of hydrogen-bond acceptors (Lipinski definition) is 6. The summed E-state index contributed by atoms with van der Waals surface area (Å²) in [5.41, 5.74) is 0.742. The van der Waals surface area contributed by atoms with Crippen molar-refractivity contribution in [2.45, 2.75) is 11.8 Å². The quantitative estimate of drug-likeness (QED) is 0.634. The van der Waals surface area contributed by atoms with Crippen LogP contribution in [0.1, 0.15) is 16.2 Å². The number of nitrogens with zero attached hydrogens (tertiary/aromatic N) is 6. The van der Waals surface area contributed by atoms with Crippen LogP contribution in [0.15, 0.2) is 53.9 Å². The summed E-state index contributed by atoms with van der Waals surface area (Å²) in [4.78, 5) is 31.0. The van der Waals surface area contributed by atoms with Crippen molar-refractivity contribution in [2.24, 2.45) is 0 Å². The summed E-state index contributed by atoms with van der Waals surface area (Å²) in [7, 11) is 0. The number of rotatable bonds is 4. The highest BCUT2D eigenvalue weighted by Crippen LogP contribution is 2.19. The molecular formula is C20H22N6OS. The molecule has 1 amide bonds. The number of piperazine rings is 1. The molecule has 3 aromatic rings. The van der Waals surface area contributed by atoms with Crippen LogP contribution in [0.3, 0.4) is 0 Å². The summed E-state index contributed by atoms with van der Waals surface area (Å²) < 4.78 is 1.93. The molecule has 3 heterocycles. The van der Waals surface area contributed by atoms with Crippen molar-refractivity contribution < 1.29 is 4.79 Å². The number of aryl methyl sites for hydroxylation is 1. The van der Waals surface area contributed by atoms with E-state index in [0.717, 1.165) is 41.0 Å². The van der Waals surface area contributed by atoms with Crippen molar-refractivity contribution in [1.82, 2.24) is 24.4 Å². The van der Waals surface area contributed by atoms with Gasteiger partial charge in [-0.15, -0.1) is 11.8 Å². The van der Waals surface area contributed by atoms with Crippen molar-refractivity contribution in [3.8, 4) is 5.82 Å². The van der Waals surface area contributed by atoms with Crippen molar-refractivity contribution in [3.63, 3.8) is 0 Å². The summed E-state index contributed by atoms with van der Waals surface area (Å²) in [6.45, 7) is 4.78. The minimum absolute atomic E-state index is 0.0877. The number of thioether (sulfide) groups is 1. The Kier molecular flexibility index (Phi) is 5.29. The lowest BCUT2D eigenvalue weighted by molar-refractivity contribution is 0.0746. The fourth-order valence-electron chi connectivity index (χ4n) is 3.32. The van der Waals surface area contributed by atoms with E-state index >= 15 is 0 Å². The predicted molar refractivity (Wildman–Crippen MR) is 110 cm³/mol. The van der Waals surface area contributed by atoms with Crippen LogP contribution in [0.5, 0.6) is 0 Å². The summed E-state index contributed by atoms with van der Waals surface area (Å²) in [6, 6.07) is 9.77. The number of carbonyl (C=O) groups is 1. The van der Waals surface area contributed by atoms with E-state index in [1.54, 1.807) is 24.3 Å². The van der Waals surface area contributed by atoms with Crippen LogP contribution in [0.25, 0.3) is 5.82 Å². The number of aromatic nitrogens is 4. The Morgan fingerprint density at radius 3 is 2.36 bits per heavy atom. The lowest BCUT2D eigenvalue weighted by Crippen LogP contribution is -2.49. The fraction of sp³-hybridized carbons (Fsp3) is 0.300. The van der Waals surface area contributed by atoms with Gasteiger partial charge in [-0.3, -0.25) is 9.36 Å². The topological polar surface area (TPSA) is 67.2 Å². The normalized spacial score (nSPS) is 14.4. The van der Waals surface area contributed by atoms with Crippen molar-refractivity contribution in [2.75, 3.05) is 37.3 Å². The first-order chi connectivity index (χ1) is 13.7. The Bertz CT molecular complexity index is 963. The molecule has 4 rings (SSSR count). The zero-order valence-corrected chi connectivity index (χ0v) is 16.8. The molecule has 1 saturated heterocycles. The molecule has 1 aliphatic rings. The van der Waals surface area contributed by atoms with Crippen molar-refractivity contribution in [1.29, 1.82) is 0 Å². The maximum Gasteiger partial charge on any atom is 0.253 e. The Morgan fingerprint density at radius 2 is 1.71 bits per heavy atom. The molecule has 1 aromatic carbocycles. The smallest absolute Gasteiger partial charge is 0.253 e. The van der Waals surface area contributed by atoms with Gasteiger partial charge in [-0.05, 0) is 37.4 Å². The minimum atomic E-state index is 0.0877. The van der Waals surface area contributed by atoms with Crippen molar-refractivity contribution >= 4 is 23.5 Å². The summed E-state index contributed by atoms with van der Waals surface area (Å²) in [6.07, 6.45) is 7.26. The van der Waals surface area contributed by atoms with Crippen LogP contribution in [0.2, 0.25) is 0 Å². The van der Waals surface area contributed by atoms with E-state index in [2.05, 4.69) is 19.9 Å². The zero-order chi connectivity index (χ0) is 19.5. The van der Waals surface area contributed by atoms with Gasteiger partial charge in [-0.1, -0.05) is 0 Å². The molecule has 1 aliphatic heterocycles. The third-order valence-electron chi connectivity index (χ3n) is 4.94. The number of hydrogen-bond donors (Lipinski definition) is 0. The van der Waals surface area contributed by atoms with Gasteiger partial charge in [0.2, 0.25) is 0 Å². The van der Waals surface area contributed by atoms with Gasteiger partial charge in [0.1, 0.15) is 23.8 Å². The van der Waals surface area contributed by atoms with Crippen LogP contribution in [0, 0.1) is 6.92 Å². The van der Waals surface area contributed by atoms with Crippen LogP contribution in [-0.2, 0) is 0 Å². The molecule has 0 bridgehead atoms. The Hall–Kier alpha value is -2.87. The highest BCUT2D eigenvalue weighted by Gasteiger charge is 2.23. The highest BCUT2D eigenvalue weighted by atomic mass is 32.2. The maximum atomic E-state index is 12.8. The number of anilines is 1. The molecule has 2 aromatic heterocycles. The van der Waals surface area contributed by atoms with E-state index in [9.17, 15) is 4.79 Å².